The largest absolute Gasteiger partial charge is 0.484 e. The van der Waals surface area contributed by atoms with Crippen LogP contribution >= 0.6 is 0 Å². The molecule has 1 aliphatic rings. The van der Waals surface area contributed by atoms with Crippen LogP contribution in [0.5, 0.6) is 5.75 Å². The third kappa shape index (κ3) is 4.58. The number of nitrogens with zero attached hydrogens (tertiary/aromatic N) is 4. The van der Waals surface area contributed by atoms with E-state index in [2.05, 4.69) is 10.00 Å². The smallest absolute Gasteiger partial charge is 0.260 e. The fraction of sp³-hybridized carbons (Fsp3) is 0.444. The van der Waals surface area contributed by atoms with Gasteiger partial charge in [0, 0.05) is 51.5 Å². The number of rotatable bonds is 5. The molecule has 1 amide bonds. The topological polar surface area (TPSA) is 50.6 Å². The molecule has 0 unspecified atom stereocenters. The molecule has 1 saturated heterocycles. The molecule has 0 atom stereocenters. The van der Waals surface area contributed by atoms with Gasteiger partial charge in [-0.05, 0) is 18.6 Å². The predicted molar refractivity (Wildman–Crippen MR) is 91.6 cm³/mol. The van der Waals surface area contributed by atoms with Crippen molar-refractivity contribution in [3.05, 3.63) is 48.3 Å². The molecule has 3 rings (SSSR count). The molecule has 1 aliphatic heterocycles. The van der Waals surface area contributed by atoms with Crippen LogP contribution in [0, 0.1) is 0 Å². The van der Waals surface area contributed by atoms with E-state index in [1.54, 1.807) is 0 Å². The molecule has 0 spiro atoms. The maximum Gasteiger partial charge on any atom is 0.260 e. The van der Waals surface area contributed by atoms with E-state index in [-0.39, 0.29) is 12.5 Å². The number of hydrogen-bond acceptors (Lipinski definition) is 4. The van der Waals surface area contributed by atoms with Gasteiger partial charge in [-0.15, -0.1) is 0 Å². The number of benzene rings is 1. The summed E-state index contributed by atoms with van der Waals surface area (Å²) in [5.74, 6) is 0.793. The highest BCUT2D eigenvalue weighted by atomic mass is 16.5. The van der Waals surface area contributed by atoms with Crippen molar-refractivity contribution in [2.45, 2.75) is 13.0 Å². The van der Waals surface area contributed by atoms with Gasteiger partial charge in [-0.1, -0.05) is 18.2 Å². The van der Waals surface area contributed by atoms with E-state index in [0.717, 1.165) is 44.9 Å². The average molecular weight is 328 g/mol. The Morgan fingerprint density at radius 3 is 2.75 bits per heavy atom. The van der Waals surface area contributed by atoms with Gasteiger partial charge >= 0.3 is 0 Å². The predicted octanol–water partition coefficient (Wildman–Crippen LogP) is 1.53. The highest BCUT2D eigenvalue weighted by Gasteiger charge is 2.19. The monoisotopic (exact) mass is 328 g/mol. The van der Waals surface area contributed by atoms with Crippen molar-refractivity contribution in [1.29, 1.82) is 0 Å². The number of carbonyl (C=O) groups excluding carboxylic acids is 1. The maximum atomic E-state index is 12.4. The lowest BCUT2D eigenvalue weighted by Gasteiger charge is -2.21. The summed E-state index contributed by atoms with van der Waals surface area (Å²) < 4.78 is 7.39. The molecule has 0 aliphatic carbocycles. The Bertz CT molecular complexity index is 656. The molecule has 0 bridgehead atoms. The van der Waals surface area contributed by atoms with Crippen molar-refractivity contribution >= 4 is 5.91 Å². The second kappa shape index (κ2) is 7.97. The summed E-state index contributed by atoms with van der Waals surface area (Å²) in [7, 11) is 1.93. The fourth-order valence-corrected chi connectivity index (χ4v) is 2.94. The van der Waals surface area contributed by atoms with Crippen LogP contribution in [0.4, 0.5) is 0 Å². The Morgan fingerprint density at radius 1 is 1.17 bits per heavy atom. The lowest BCUT2D eigenvalue weighted by Crippen LogP contribution is -2.38. The third-order valence-corrected chi connectivity index (χ3v) is 4.21. The van der Waals surface area contributed by atoms with E-state index in [1.807, 2.05) is 59.4 Å². The first kappa shape index (κ1) is 16.5. The highest BCUT2D eigenvalue weighted by molar-refractivity contribution is 5.77. The molecule has 1 fully saturated rings. The Labute approximate surface area is 142 Å². The summed E-state index contributed by atoms with van der Waals surface area (Å²) in [5.41, 5.74) is 1.21. The Hall–Kier alpha value is -2.34. The zero-order valence-corrected chi connectivity index (χ0v) is 14.1. The van der Waals surface area contributed by atoms with E-state index in [4.69, 9.17) is 4.74 Å². The molecular weight excluding hydrogens is 304 g/mol. The lowest BCUT2D eigenvalue weighted by atomic mass is 10.3. The zero-order chi connectivity index (χ0) is 16.8. The molecule has 0 saturated carbocycles. The van der Waals surface area contributed by atoms with Crippen molar-refractivity contribution in [2.75, 3.05) is 32.8 Å². The van der Waals surface area contributed by atoms with Crippen LogP contribution in [0.2, 0.25) is 0 Å². The van der Waals surface area contributed by atoms with Gasteiger partial charge in [0.15, 0.2) is 6.61 Å². The first-order valence-electron chi connectivity index (χ1n) is 8.36. The van der Waals surface area contributed by atoms with Crippen LogP contribution in [0.3, 0.4) is 0 Å². The average Bonchev–Trinajstić information content (AvgIpc) is 2.86. The van der Waals surface area contributed by atoms with Crippen LogP contribution in [0.15, 0.2) is 42.7 Å². The van der Waals surface area contributed by atoms with Crippen molar-refractivity contribution < 1.29 is 9.53 Å². The lowest BCUT2D eigenvalue weighted by molar-refractivity contribution is -0.133. The highest BCUT2D eigenvalue weighted by Crippen LogP contribution is 2.11. The summed E-state index contributed by atoms with van der Waals surface area (Å²) in [4.78, 5) is 16.6. The Morgan fingerprint density at radius 2 is 2.00 bits per heavy atom. The summed E-state index contributed by atoms with van der Waals surface area (Å²) in [5, 5.41) is 4.21. The van der Waals surface area contributed by atoms with Gasteiger partial charge in [0.05, 0.1) is 6.20 Å². The van der Waals surface area contributed by atoms with E-state index >= 15 is 0 Å². The van der Waals surface area contributed by atoms with Gasteiger partial charge < -0.3 is 9.64 Å². The van der Waals surface area contributed by atoms with Crippen molar-refractivity contribution in [3.8, 4) is 5.75 Å². The standard InChI is InChI=1S/C18H24N4O2/c1-20-13-16(12-19-20)14-21-8-5-9-22(11-10-21)18(23)15-24-17-6-3-2-4-7-17/h2-4,6-7,12-13H,5,8-11,14-15H2,1H3. The Balaban J connectivity index is 1.46. The SMILES string of the molecule is Cn1cc(CN2CCCN(C(=O)COc3ccccc3)CC2)cn1. The van der Waals surface area contributed by atoms with Crippen LogP contribution in [0.1, 0.15) is 12.0 Å². The molecule has 24 heavy (non-hydrogen) atoms. The number of para-hydroxylation sites is 1. The molecule has 0 radical (unpaired) electrons. The number of aromatic nitrogens is 2. The number of amides is 1. The number of aryl methyl sites for hydroxylation is 1. The van der Waals surface area contributed by atoms with Gasteiger partial charge in [-0.3, -0.25) is 14.4 Å². The van der Waals surface area contributed by atoms with Crippen molar-refractivity contribution in [1.82, 2.24) is 19.6 Å². The molecule has 1 aromatic carbocycles. The molecular formula is C18H24N4O2. The number of hydrogen-bond donors (Lipinski definition) is 0. The van der Waals surface area contributed by atoms with Crippen LogP contribution in [0.25, 0.3) is 0 Å². The fourth-order valence-electron chi connectivity index (χ4n) is 2.94. The molecule has 2 aromatic rings. The molecule has 6 heteroatoms. The number of ether oxygens (including phenoxy) is 1. The van der Waals surface area contributed by atoms with Gasteiger partial charge in [-0.2, -0.15) is 5.10 Å². The summed E-state index contributed by atoms with van der Waals surface area (Å²) >= 11 is 0. The van der Waals surface area contributed by atoms with Crippen LogP contribution < -0.4 is 4.74 Å². The van der Waals surface area contributed by atoms with Gasteiger partial charge in [0.2, 0.25) is 0 Å². The summed E-state index contributed by atoms with van der Waals surface area (Å²) in [6.45, 7) is 4.41. The second-order valence-electron chi connectivity index (χ2n) is 6.13. The quantitative estimate of drug-likeness (QED) is 0.835. The van der Waals surface area contributed by atoms with Gasteiger partial charge in [0.1, 0.15) is 5.75 Å². The van der Waals surface area contributed by atoms with E-state index in [1.165, 1.54) is 5.56 Å². The second-order valence-corrected chi connectivity index (χ2v) is 6.13. The molecule has 2 heterocycles. The molecule has 128 valence electrons. The first-order valence-corrected chi connectivity index (χ1v) is 8.36. The minimum absolute atomic E-state index is 0.0575. The molecule has 0 N–H and O–H groups in total. The normalized spacial score (nSPS) is 16.0. The van der Waals surface area contributed by atoms with E-state index < -0.39 is 0 Å². The minimum atomic E-state index is 0.0575. The third-order valence-electron chi connectivity index (χ3n) is 4.21. The van der Waals surface area contributed by atoms with Crippen LogP contribution in [-0.4, -0.2) is 58.3 Å². The van der Waals surface area contributed by atoms with Crippen molar-refractivity contribution in [2.24, 2.45) is 7.05 Å². The molecule has 1 aromatic heterocycles. The van der Waals surface area contributed by atoms with E-state index in [9.17, 15) is 4.79 Å². The van der Waals surface area contributed by atoms with Crippen molar-refractivity contribution in [3.63, 3.8) is 0 Å². The zero-order valence-electron chi connectivity index (χ0n) is 14.1. The Kier molecular flexibility index (Phi) is 5.48. The molecule has 6 nitrogen and oxygen atoms in total. The first-order chi connectivity index (χ1) is 11.7. The van der Waals surface area contributed by atoms with Crippen LogP contribution in [-0.2, 0) is 18.4 Å². The van der Waals surface area contributed by atoms with E-state index in [0.29, 0.717) is 0 Å². The van der Waals surface area contributed by atoms with Gasteiger partial charge in [0.25, 0.3) is 5.91 Å². The minimum Gasteiger partial charge on any atom is -0.484 e. The summed E-state index contributed by atoms with van der Waals surface area (Å²) in [6.07, 6.45) is 4.93. The van der Waals surface area contributed by atoms with Gasteiger partial charge in [-0.25, -0.2) is 0 Å². The maximum absolute atomic E-state index is 12.4. The number of carbonyl (C=O) groups is 1. The summed E-state index contributed by atoms with van der Waals surface area (Å²) in [6, 6.07) is 9.47.